The highest BCUT2D eigenvalue weighted by Crippen LogP contribution is 2.30. The smallest absolute Gasteiger partial charge is 0.225 e. The number of hydrogen-bond donors (Lipinski definition) is 1. The number of aryl methyl sites for hydroxylation is 1. The Kier molecular flexibility index (Phi) is 4.12. The number of benzene rings is 1. The first-order valence-electron chi connectivity index (χ1n) is 6.52. The molecule has 0 amide bonds. The van der Waals surface area contributed by atoms with E-state index in [9.17, 15) is 0 Å². The van der Waals surface area contributed by atoms with Gasteiger partial charge in [-0.2, -0.15) is 10.1 Å². The molecule has 0 aliphatic heterocycles. The molecule has 1 aromatic carbocycles. The first-order valence-corrected chi connectivity index (χ1v) is 7.66. The molecular weight excluding hydrogens is 345 g/mol. The van der Waals surface area contributed by atoms with Gasteiger partial charge in [0.15, 0.2) is 11.3 Å². The van der Waals surface area contributed by atoms with Crippen LogP contribution in [0.5, 0.6) is 0 Å². The van der Waals surface area contributed by atoms with Crippen molar-refractivity contribution in [2.24, 2.45) is 7.05 Å². The normalized spacial score (nSPS) is 12.6. The lowest BCUT2D eigenvalue weighted by atomic mass is 10.1. The SMILES string of the molecule is CC(Nc1nc(Cl)nc2cn(C)nc12)c1ccc(Cl)cc1Cl. The van der Waals surface area contributed by atoms with E-state index in [2.05, 4.69) is 20.4 Å². The average Bonchev–Trinajstić information content (AvgIpc) is 2.78. The van der Waals surface area contributed by atoms with Gasteiger partial charge in [-0.15, -0.1) is 0 Å². The Morgan fingerprint density at radius 3 is 2.68 bits per heavy atom. The maximum atomic E-state index is 6.24. The molecule has 2 aromatic heterocycles. The molecule has 2 heterocycles. The van der Waals surface area contributed by atoms with Crippen LogP contribution in [0, 0.1) is 0 Å². The molecule has 0 spiro atoms. The van der Waals surface area contributed by atoms with Gasteiger partial charge < -0.3 is 5.32 Å². The van der Waals surface area contributed by atoms with E-state index < -0.39 is 0 Å². The molecule has 114 valence electrons. The van der Waals surface area contributed by atoms with Gasteiger partial charge in [-0.3, -0.25) is 4.68 Å². The maximum Gasteiger partial charge on any atom is 0.225 e. The zero-order valence-corrected chi connectivity index (χ0v) is 14.1. The average molecular weight is 357 g/mol. The highest BCUT2D eigenvalue weighted by Gasteiger charge is 2.15. The summed E-state index contributed by atoms with van der Waals surface area (Å²) in [6.45, 7) is 1.97. The molecule has 1 N–H and O–H groups in total. The molecule has 1 atom stereocenters. The first kappa shape index (κ1) is 15.3. The highest BCUT2D eigenvalue weighted by atomic mass is 35.5. The quantitative estimate of drug-likeness (QED) is 0.702. The van der Waals surface area contributed by atoms with Crippen molar-refractivity contribution in [3.8, 4) is 0 Å². The molecule has 0 aliphatic rings. The number of anilines is 1. The van der Waals surface area contributed by atoms with E-state index in [1.54, 1.807) is 23.0 Å². The van der Waals surface area contributed by atoms with Gasteiger partial charge in [0.25, 0.3) is 0 Å². The van der Waals surface area contributed by atoms with E-state index in [1.807, 2.05) is 20.0 Å². The van der Waals surface area contributed by atoms with Crippen molar-refractivity contribution in [2.45, 2.75) is 13.0 Å². The lowest BCUT2D eigenvalue weighted by molar-refractivity contribution is 0.778. The van der Waals surface area contributed by atoms with Gasteiger partial charge >= 0.3 is 0 Å². The van der Waals surface area contributed by atoms with E-state index in [0.717, 1.165) is 5.56 Å². The van der Waals surface area contributed by atoms with Gasteiger partial charge in [0, 0.05) is 17.1 Å². The second-order valence-electron chi connectivity index (χ2n) is 4.91. The summed E-state index contributed by atoms with van der Waals surface area (Å²) in [4.78, 5) is 8.38. The number of halogens is 3. The van der Waals surface area contributed by atoms with E-state index >= 15 is 0 Å². The number of hydrogen-bond acceptors (Lipinski definition) is 4. The van der Waals surface area contributed by atoms with Crippen molar-refractivity contribution in [1.29, 1.82) is 0 Å². The fraction of sp³-hybridized carbons (Fsp3) is 0.214. The van der Waals surface area contributed by atoms with Crippen molar-refractivity contribution in [3.63, 3.8) is 0 Å². The van der Waals surface area contributed by atoms with Crippen molar-refractivity contribution < 1.29 is 0 Å². The van der Waals surface area contributed by atoms with Gasteiger partial charge in [0.2, 0.25) is 5.28 Å². The first-order chi connectivity index (χ1) is 10.4. The van der Waals surface area contributed by atoms with Gasteiger partial charge in [-0.1, -0.05) is 29.3 Å². The lowest BCUT2D eigenvalue weighted by Gasteiger charge is -2.16. The number of nitrogens with one attached hydrogen (secondary N) is 1. The van der Waals surface area contributed by atoms with E-state index in [4.69, 9.17) is 34.8 Å². The van der Waals surface area contributed by atoms with Crippen LogP contribution in [0.1, 0.15) is 18.5 Å². The summed E-state index contributed by atoms with van der Waals surface area (Å²) in [5.41, 5.74) is 2.24. The molecule has 0 bridgehead atoms. The number of nitrogens with zero attached hydrogens (tertiary/aromatic N) is 4. The standard InChI is InChI=1S/C14H12Cl3N5/c1-7(9-4-3-8(15)5-10(9)16)18-13-12-11(6-22(2)21-12)19-14(17)20-13/h3-7H,1-2H3,(H,18,19,20). The zero-order valence-electron chi connectivity index (χ0n) is 11.8. The largest absolute Gasteiger partial charge is 0.361 e. The van der Waals surface area contributed by atoms with Gasteiger partial charge in [-0.25, -0.2) is 4.98 Å². The summed E-state index contributed by atoms with van der Waals surface area (Å²) in [5, 5.41) is 8.98. The molecule has 0 aliphatic carbocycles. The molecule has 0 saturated carbocycles. The zero-order chi connectivity index (χ0) is 15.9. The molecule has 5 nitrogen and oxygen atoms in total. The third kappa shape index (κ3) is 2.97. The van der Waals surface area contributed by atoms with E-state index in [0.29, 0.717) is 26.9 Å². The molecule has 0 radical (unpaired) electrons. The Balaban J connectivity index is 1.98. The fourth-order valence-corrected chi connectivity index (χ4v) is 2.98. The molecule has 0 fully saturated rings. The minimum atomic E-state index is -0.0964. The molecular formula is C14H12Cl3N5. The minimum Gasteiger partial charge on any atom is -0.361 e. The molecule has 0 saturated heterocycles. The summed E-state index contributed by atoms with van der Waals surface area (Å²) < 4.78 is 1.67. The summed E-state index contributed by atoms with van der Waals surface area (Å²) in [6.07, 6.45) is 1.79. The van der Waals surface area contributed by atoms with Crippen LogP contribution in [-0.4, -0.2) is 19.7 Å². The topological polar surface area (TPSA) is 55.6 Å². The van der Waals surface area contributed by atoms with Gasteiger partial charge in [0.1, 0.15) is 5.52 Å². The van der Waals surface area contributed by atoms with Crippen molar-refractivity contribution in [1.82, 2.24) is 19.7 Å². The maximum absolute atomic E-state index is 6.24. The fourth-order valence-electron chi connectivity index (χ4n) is 2.23. The van der Waals surface area contributed by atoms with E-state index in [1.165, 1.54) is 0 Å². The van der Waals surface area contributed by atoms with Crippen molar-refractivity contribution in [3.05, 3.63) is 45.3 Å². The highest BCUT2D eigenvalue weighted by molar-refractivity contribution is 6.35. The van der Waals surface area contributed by atoms with Crippen LogP contribution in [0.15, 0.2) is 24.4 Å². The Hall–Kier alpha value is -1.56. The summed E-state index contributed by atoms with van der Waals surface area (Å²) in [6, 6.07) is 5.28. The Morgan fingerprint density at radius 1 is 1.18 bits per heavy atom. The molecule has 22 heavy (non-hydrogen) atoms. The van der Waals surface area contributed by atoms with Crippen LogP contribution in [0.4, 0.5) is 5.82 Å². The molecule has 3 aromatic rings. The van der Waals surface area contributed by atoms with Crippen LogP contribution in [0.25, 0.3) is 11.0 Å². The number of rotatable bonds is 3. The van der Waals surface area contributed by atoms with Crippen molar-refractivity contribution in [2.75, 3.05) is 5.32 Å². The Bertz CT molecular complexity index is 846. The van der Waals surface area contributed by atoms with Crippen LogP contribution < -0.4 is 5.32 Å². The summed E-state index contributed by atoms with van der Waals surface area (Å²) in [5.74, 6) is 0.564. The van der Waals surface area contributed by atoms with Gasteiger partial charge in [0.05, 0.1) is 12.2 Å². The third-order valence-corrected chi connectivity index (χ3v) is 3.96. The monoisotopic (exact) mass is 355 g/mol. The predicted molar refractivity (Wildman–Crippen MR) is 89.8 cm³/mol. The van der Waals surface area contributed by atoms with Crippen LogP contribution in [0.2, 0.25) is 15.3 Å². The molecule has 1 unspecified atom stereocenters. The summed E-state index contributed by atoms with van der Waals surface area (Å²) in [7, 11) is 1.82. The third-order valence-electron chi connectivity index (χ3n) is 3.23. The van der Waals surface area contributed by atoms with Crippen molar-refractivity contribution >= 4 is 51.7 Å². The second-order valence-corrected chi connectivity index (χ2v) is 6.09. The predicted octanol–water partition coefficient (Wildman–Crippen LogP) is 4.50. The Morgan fingerprint density at radius 2 is 1.95 bits per heavy atom. The number of fused-ring (bicyclic) bond motifs is 1. The van der Waals surface area contributed by atoms with E-state index in [-0.39, 0.29) is 11.3 Å². The lowest BCUT2D eigenvalue weighted by Crippen LogP contribution is -2.09. The number of aromatic nitrogens is 4. The van der Waals surface area contributed by atoms with Gasteiger partial charge in [-0.05, 0) is 36.2 Å². The molecule has 3 rings (SSSR count). The summed E-state index contributed by atoms with van der Waals surface area (Å²) >= 11 is 18.1. The van der Waals surface area contributed by atoms with Crippen LogP contribution in [0.3, 0.4) is 0 Å². The second kappa shape index (κ2) is 5.91. The Labute approximate surface area is 142 Å². The van der Waals surface area contributed by atoms with Crippen LogP contribution in [-0.2, 0) is 7.05 Å². The molecule has 8 heteroatoms. The van der Waals surface area contributed by atoms with Crippen LogP contribution >= 0.6 is 34.8 Å². The minimum absolute atomic E-state index is 0.0964.